The van der Waals surface area contributed by atoms with Gasteiger partial charge in [-0.2, -0.15) is 0 Å². The van der Waals surface area contributed by atoms with Crippen LogP contribution in [-0.2, 0) is 11.3 Å². The second-order valence-electron chi connectivity index (χ2n) is 9.23. The second kappa shape index (κ2) is 8.54. The molecule has 1 aromatic carbocycles. The summed E-state index contributed by atoms with van der Waals surface area (Å²) in [6.07, 6.45) is 7.87. The van der Waals surface area contributed by atoms with Gasteiger partial charge in [-0.15, -0.1) is 0 Å². The summed E-state index contributed by atoms with van der Waals surface area (Å²) >= 11 is 0. The van der Waals surface area contributed by atoms with Crippen molar-refractivity contribution in [1.82, 2.24) is 20.2 Å². The highest BCUT2D eigenvalue weighted by molar-refractivity contribution is 5.78. The molecule has 0 unspecified atom stereocenters. The monoisotopic (exact) mass is 423 g/mol. The molecule has 164 valence electrons. The van der Waals surface area contributed by atoms with E-state index in [4.69, 9.17) is 4.98 Å². The molecule has 3 saturated heterocycles. The van der Waals surface area contributed by atoms with Crippen LogP contribution >= 0.6 is 0 Å². The summed E-state index contributed by atoms with van der Waals surface area (Å²) in [5.74, 6) is 0.758. The molecule has 3 fully saturated rings. The van der Waals surface area contributed by atoms with Gasteiger partial charge in [0.15, 0.2) is 0 Å². The molecule has 4 heterocycles. The lowest BCUT2D eigenvalue weighted by molar-refractivity contribution is -0.125. The fraction of sp³-hybridized carbons (Fsp3) is 0.542. The maximum atomic E-state index is 14.0. The first-order valence-electron chi connectivity index (χ1n) is 11.5. The van der Waals surface area contributed by atoms with E-state index in [1.165, 1.54) is 25.3 Å². The highest BCUT2D eigenvalue weighted by Gasteiger charge is 2.49. The minimum Gasteiger partial charge on any atom is -0.349 e. The van der Waals surface area contributed by atoms with E-state index in [1.54, 1.807) is 12.1 Å². The van der Waals surface area contributed by atoms with Crippen LogP contribution < -0.4 is 10.2 Å². The minimum absolute atomic E-state index is 0.0656. The van der Waals surface area contributed by atoms with Crippen molar-refractivity contribution in [2.24, 2.45) is 0 Å². The maximum absolute atomic E-state index is 14.0. The van der Waals surface area contributed by atoms with Gasteiger partial charge in [0.2, 0.25) is 11.9 Å². The summed E-state index contributed by atoms with van der Waals surface area (Å²) in [5.41, 5.74) is 1.61. The summed E-state index contributed by atoms with van der Waals surface area (Å²) in [6, 6.07) is 8.83. The molecule has 3 aliphatic rings. The number of piperidine rings is 2. The van der Waals surface area contributed by atoms with Crippen LogP contribution in [0.5, 0.6) is 0 Å². The van der Waals surface area contributed by atoms with E-state index in [0.29, 0.717) is 13.0 Å². The van der Waals surface area contributed by atoms with E-state index in [1.807, 2.05) is 18.3 Å². The Hall–Kier alpha value is -2.54. The van der Waals surface area contributed by atoms with Gasteiger partial charge < -0.3 is 10.2 Å². The molecular formula is C24H30FN5O. The van der Waals surface area contributed by atoms with Gasteiger partial charge in [0.05, 0.1) is 11.2 Å². The topological polar surface area (TPSA) is 61.4 Å². The molecule has 0 aliphatic carbocycles. The van der Waals surface area contributed by atoms with Crippen LogP contribution in [0.25, 0.3) is 0 Å². The summed E-state index contributed by atoms with van der Waals surface area (Å²) in [4.78, 5) is 26.3. The van der Waals surface area contributed by atoms with Gasteiger partial charge in [-0.3, -0.25) is 9.69 Å². The highest BCUT2D eigenvalue weighted by atomic mass is 19.1. The standard InChI is InChI=1S/C24H30FN5O/c25-19-7-4-6-18(14-19)21-16-29(17-24(21)10-5-8-22(31)28-24)15-20-9-11-26-23(27-20)30-12-2-1-3-13-30/h4,6-7,9,11,14,21H,1-3,5,8,10,12-13,15-17H2,(H,28,31)/t21-,24+/m0/s1. The molecule has 2 aromatic rings. The first-order valence-corrected chi connectivity index (χ1v) is 11.5. The van der Waals surface area contributed by atoms with Crippen molar-refractivity contribution in [2.45, 2.75) is 56.5 Å². The third kappa shape index (κ3) is 4.28. The lowest BCUT2D eigenvalue weighted by atomic mass is 9.76. The number of anilines is 1. The van der Waals surface area contributed by atoms with Crippen molar-refractivity contribution in [3.63, 3.8) is 0 Å². The number of hydrogen-bond donors (Lipinski definition) is 1. The van der Waals surface area contributed by atoms with Crippen LogP contribution in [-0.4, -0.2) is 52.5 Å². The number of hydrogen-bond acceptors (Lipinski definition) is 5. The van der Waals surface area contributed by atoms with Crippen LogP contribution in [0, 0.1) is 5.82 Å². The number of benzene rings is 1. The van der Waals surface area contributed by atoms with Crippen LogP contribution in [0.3, 0.4) is 0 Å². The van der Waals surface area contributed by atoms with E-state index in [0.717, 1.165) is 56.2 Å². The predicted octanol–water partition coefficient (Wildman–Crippen LogP) is 3.24. The average molecular weight is 424 g/mol. The fourth-order valence-electron chi connectivity index (χ4n) is 5.57. The normalized spacial score (nSPS) is 26.9. The zero-order valence-corrected chi connectivity index (χ0v) is 17.9. The zero-order chi connectivity index (χ0) is 21.3. The van der Waals surface area contributed by atoms with Crippen molar-refractivity contribution in [3.05, 3.63) is 53.6 Å². The molecule has 2 atom stereocenters. The first-order chi connectivity index (χ1) is 15.1. The first kappa shape index (κ1) is 20.4. The average Bonchev–Trinajstić information content (AvgIpc) is 3.11. The molecule has 31 heavy (non-hydrogen) atoms. The highest BCUT2D eigenvalue weighted by Crippen LogP contribution is 2.41. The van der Waals surface area contributed by atoms with Gasteiger partial charge in [0.1, 0.15) is 5.82 Å². The molecule has 3 aliphatic heterocycles. The predicted molar refractivity (Wildman–Crippen MR) is 117 cm³/mol. The fourth-order valence-corrected chi connectivity index (χ4v) is 5.57. The van der Waals surface area contributed by atoms with Gasteiger partial charge in [-0.1, -0.05) is 12.1 Å². The van der Waals surface area contributed by atoms with Crippen LogP contribution in [0.15, 0.2) is 36.5 Å². The largest absolute Gasteiger partial charge is 0.349 e. The molecule has 1 N–H and O–H groups in total. The third-order valence-electron chi connectivity index (χ3n) is 7.00. The molecule has 0 bridgehead atoms. The van der Waals surface area contributed by atoms with Crippen molar-refractivity contribution in [1.29, 1.82) is 0 Å². The summed E-state index contributed by atoms with van der Waals surface area (Å²) in [7, 11) is 0. The number of carbonyl (C=O) groups excluding carboxylic acids is 1. The molecule has 0 radical (unpaired) electrons. The Balaban J connectivity index is 1.37. The van der Waals surface area contributed by atoms with Crippen molar-refractivity contribution >= 4 is 11.9 Å². The quantitative estimate of drug-likeness (QED) is 0.818. The van der Waals surface area contributed by atoms with Gasteiger partial charge >= 0.3 is 0 Å². The molecule has 1 aromatic heterocycles. The lowest BCUT2D eigenvalue weighted by Crippen LogP contribution is -2.56. The number of nitrogens with zero attached hydrogens (tertiary/aromatic N) is 4. The summed E-state index contributed by atoms with van der Waals surface area (Å²) < 4.78 is 14.0. The Morgan fingerprint density at radius 2 is 2.03 bits per heavy atom. The molecule has 1 amide bonds. The number of rotatable bonds is 4. The number of carbonyl (C=O) groups is 1. The Morgan fingerprint density at radius 1 is 1.16 bits per heavy atom. The van der Waals surface area contributed by atoms with Crippen LogP contribution in [0.4, 0.5) is 10.3 Å². The van der Waals surface area contributed by atoms with Gasteiger partial charge in [0, 0.05) is 51.3 Å². The Kier molecular flexibility index (Phi) is 5.61. The smallest absolute Gasteiger partial charge is 0.225 e. The van der Waals surface area contributed by atoms with Gasteiger partial charge in [-0.25, -0.2) is 14.4 Å². The Morgan fingerprint density at radius 3 is 2.84 bits per heavy atom. The number of aromatic nitrogens is 2. The Labute approximate surface area is 182 Å². The van der Waals surface area contributed by atoms with Crippen LogP contribution in [0.1, 0.15) is 55.7 Å². The maximum Gasteiger partial charge on any atom is 0.225 e. The molecule has 5 rings (SSSR count). The van der Waals surface area contributed by atoms with E-state index in [9.17, 15) is 9.18 Å². The molecule has 6 nitrogen and oxygen atoms in total. The Bertz CT molecular complexity index is 947. The minimum atomic E-state index is -0.341. The summed E-state index contributed by atoms with van der Waals surface area (Å²) in [5, 5.41) is 3.29. The van der Waals surface area contributed by atoms with Gasteiger partial charge in [-0.05, 0) is 55.9 Å². The SMILES string of the molecule is O=C1CCC[C@]2(CN(Cc3ccnc(N4CCCCC4)n3)C[C@H]2c2cccc(F)c2)N1. The lowest BCUT2D eigenvalue weighted by Gasteiger charge is -2.39. The second-order valence-corrected chi connectivity index (χ2v) is 9.23. The van der Waals surface area contributed by atoms with Crippen molar-refractivity contribution in [2.75, 3.05) is 31.1 Å². The molecular weight excluding hydrogens is 393 g/mol. The van der Waals surface area contributed by atoms with E-state index in [-0.39, 0.29) is 23.2 Å². The molecule has 0 saturated carbocycles. The van der Waals surface area contributed by atoms with Crippen molar-refractivity contribution < 1.29 is 9.18 Å². The molecule has 1 spiro atoms. The number of likely N-dealkylation sites (tertiary alicyclic amines) is 1. The third-order valence-corrected chi connectivity index (χ3v) is 7.00. The summed E-state index contributed by atoms with van der Waals surface area (Å²) in [6.45, 7) is 4.26. The van der Waals surface area contributed by atoms with E-state index >= 15 is 0 Å². The van der Waals surface area contributed by atoms with Crippen LogP contribution in [0.2, 0.25) is 0 Å². The number of nitrogens with one attached hydrogen (secondary N) is 1. The van der Waals surface area contributed by atoms with Gasteiger partial charge in [0.25, 0.3) is 0 Å². The van der Waals surface area contributed by atoms with E-state index < -0.39 is 0 Å². The number of amides is 1. The van der Waals surface area contributed by atoms with Crippen molar-refractivity contribution in [3.8, 4) is 0 Å². The van der Waals surface area contributed by atoms with E-state index in [2.05, 4.69) is 20.1 Å². The zero-order valence-electron chi connectivity index (χ0n) is 17.9. The number of halogens is 1. The molecule has 7 heteroatoms.